The Morgan fingerprint density at radius 2 is 2.22 bits per heavy atom. The highest BCUT2D eigenvalue weighted by molar-refractivity contribution is 6.29. The number of ether oxygens (including phenoxy) is 1. The molecule has 0 saturated carbocycles. The first-order valence-corrected chi connectivity index (χ1v) is 5.77. The topological polar surface area (TPSA) is 106 Å². The molecule has 6 nitrogen and oxygen atoms in total. The number of nitrogen functional groups attached to an aromatic ring is 1. The molecule has 1 heterocycles. The Morgan fingerprint density at radius 3 is 2.83 bits per heavy atom. The van der Waals surface area contributed by atoms with Crippen molar-refractivity contribution >= 4 is 23.3 Å². The van der Waals surface area contributed by atoms with Crippen LogP contribution in [0.4, 0.5) is 5.69 Å². The van der Waals surface area contributed by atoms with E-state index in [0.717, 1.165) is 0 Å². The second-order valence-electron chi connectivity index (χ2n) is 3.63. The minimum Gasteiger partial charge on any atom is -0.466 e. The first kappa shape index (κ1) is 14.7. The van der Waals surface area contributed by atoms with Crippen LogP contribution < -0.4 is 5.73 Å². The molecule has 0 aliphatic heterocycles. The van der Waals surface area contributed by atoms with E-state index in [1.54, 1.807) is 6.92 Å². The molecule has 2 atom stereocenters. The molecule has 0 aromatic carbocycles. The number of carbonyl (C=O) groups excluding carboxylic acids is 1. The highest BCUT2D eigenvalue weighted by atomic mass is 35.5. The molecule has 7 heteroatoms. The fourth-order valence-corrected chi connectivity index (χ4v) is 1.54. The van der Waals surface area contributed by atoms with Gasteiger partial charge in [-0.25, -0.2) is 4.98 Å². The number of hydrogen-bond donors (Lipinski definition) is 3. The predicted octanol–water partition coefficient (Wildman–Crippen LogP) is 0.665. The maximum absolute atomic E-state index is 11.2. The van der Waals surface area contributed by atoms with Gasteiger partial charge in [-0.2, -0.15) is 0 Å². The monoisotopic (exact) mass is 274 g/mol. The summed E-state index contributed by atoms with van der Waals surface area (Å²) in [7, 11) is 0. The molecule has 0 radical (unpaired) electrons. The molecule has 0 fully saturated rings. The van der Waals surface area contributed by atoms with Gasteiger partial charge in [0.05, 0.1) is 30.5 Å². The summed E-state index contributed by atoms with van der Waals surface area (Å²) in [6.07, 6.45) is -3.09. The van der Waals surface area contributed by atoms with Crippen molar-refractivity contribution in [2.45, 2.75) is 25.6 Å². The number of halogens is 1. The molecule has 2 unspecified atom stereocenters. The fourth-order valence-electron chi connectivity index (χ4n) is 1.38. The van der Waals surface area contributed by atoms with Gasteiger partial charge in [-0.05, 0) is 19.1 Å². The summed E-state index contributed by atoms with van der Waals surface area (Å²) in [6, 6.07) is 2.93. The van der Waals surface area contributed by atoms with Crippen molar-refractivity contribution in [2.75, 3.05) is 12.3 Å². The summed E-state index contributed by atoms with van der Waals surface area (Å²) in [4.78, 5) is 15.0. The van der Waals surface area contributed by atoms with Crippen molar-refractivity contribution in [3.8, 4) is 0 Å². The van der Waals surface area contributed by atoms with Crippen LogP contribution in [0.15, 0.2) is 12.1 Å². The van der Waals surface area contributed by atoms with Crippen molar-refractivity contribution in [1.82, 2.24) is 4.98 Å². The number of pyridine rings is 1. The average molecular weight is 275 g/mol. The van der Waals surface area contributed by atoms with Gasteiger partial charge in [0.2, 0.25) is 0 Å². The summed E-state index contributed by atoms with van der Waals surface area (Å²) in [5.41, 5.74) is 5.84. The largest absolute Gasteiger partial charge is 0.466 e. The van der Waals surface area contributed by atoms with Crippen LogP contribution >= 0.6 is 11.6 Å². The Kier molecular flexibility index (Phi) is 5.33. The number of rotatable bonds is 5. The highest BCUT2D eigenvalue weighted by Gasteiger charge is 2.25. The summed E-state index contributed by atoms with van der Waals surface area (Å²) >= 11 is 5.67. The van der Waals surface area contributed by atoms with Gasteiger partial charge in [-0.15, -0.1) is 0 Å². The fraction of sp³-hybridized carbons (Fsp3) is 0.455. The Hall–Kier alpha value is -1.37. The molecular formula is C11H15ClN2O4. The van der Waals surface area contributed by atoms with Crippen LogP contribution in [0.25, 0.3) is 0 Å². The molecule has 0 saturated heterocycles. The van der Waals surface area contributed by atoms with Crippen LogP contribution in [-0.4, -0.2) is 33.9 Å². The van der Waals surface area contributed by atoms with E-state index >= 15 is 0 Å². The van der Waals surface area contributed by atoms with Crippen LogP contribution in [0.5, 0.6) is 0 Å². The lowest BCUT2D eigenvalue weighted by atomic mass is 10.1. The molecular weight excluding hydrogens is 260 g/mol. The van der Waals surface area contributed by atoms with E-state index in [9.17, 15) is 15.0 Å². The van der Waals surface area contributed by atoms with E-state index in [1.807, 2.05) is 0 Å². The van der Waals surface area contributed by atoms with E-state index in [0.29, 0.717) is 0 Å². The number of carbonyl (C=O) groups is 1. The van der Waals surface area contributed by atoms with Crippen molar-refractivity contribution in [3.63, 3.8) is 0 Å². The van der Waals surface area contributed by atoms with Crippen molar-refractivity contribution in [1.29, 1.82) is 0 Å². The summed E-state index contributed by atoms with van der Waals surface area (Å²) in [6.45, 7) is 1.86. The predicted molar refractivity (Wildman–Crippen MR) is 65.9 cm³/mol. The molecule has 1 aromatic rings. The van der Waals surface area contributed by atoms with Crippen LogP contribution in [-0.2, 0) is 9.53 Å². The Balaban J connectivity index is 2.76. The van der Waals surface area contributed by atoms with Gasteiger partial charge in [0.1, 0.15) is 11.3 Å². The molecule has 1 rings (SSSR count). The van der Waals surface area contributed by atoms with Crippen LogP contribution in [0.1, 0.15) is 25.1 Å². The minimum atomic E-state index is -1.40. The first-order valence-electron chi connectivity index (χ1n) is 5.39. The van der Waals surface area contributed by atoms with Gasteiger partial charge in [0.15, 0.2) is 0 Å². The van der Waals surface area contributed by atoms with Crippen molar-refractivity contribution in [2.24, 2.45) is 0 Å². The molecule has 0 aliphatic carbocycles. The number of aromatic nitrogens is 1. The molecule has 0 bridgehead atoms. The van der Waals surface area contributed by atoms with Gasteiger partial charge in [0, 0.05) is 0 Å². The second kappa shape index (κ2) is 6.53. The van der Waals surface area contributed by atoms with E-state index in [2.05, 4.69) is 9.72 Å². The van der Waals surface area contributed by atoms with Crippen molar-refractivity contribution < 1.29 is 19.7 Å². The Labute approximate surface area is 109 Å². The Morgan fingerprint density at radius 1 is 1.56 bits per heavy atom. The van der Waals surface area contributed by atoms with Gasteiger partial charge in [-0.3, -0.25) is 4.79 Å². The highest BCUT2D eigenvalue weighted by Crippen LogP contribution is 2.24. The quantitative estimate of drug-likeness (QED) is 0.538. The molecule has 4 N–H and O–H groups in total. The van der Waals surface area contributed by atoms with E-state index < -0.39 is 18.2 Å². The lowest BCUT2D eigenvalue weighted by Crippen LogP contribution is -2.24. The lowest BCUT2D eigenvalue weighted by Gasteiger charge is -2.18. The van der Waals surface area contributed by atoms with Crippen LogP contribution in [0.2, 0.25) is 5.15 Å². The third-order valence-corrected chi connectivity index (χ3v) is 2.46. The van der Waals surface area contributed by atoms with Gasteiger partial charge >= 0.3 is 5.97 Å². The molecule has 18 heavy (non-hydrogen) atoms. The van der Waals surface area contributed by atoms with Crippen molar-refractivity contribution in [3.05, 3.63) is 23.0 Å². The molecule has 0 spiro atoms. The maximum Gasteiger partial charge on any atom is 0.308 e. The third kappa shape index (κ3) is 3.83. The van der Waals surface area contributed by atoms with Gasteiger partial charge in [0.25, 0.3) is 0 Å². The Bertz CT molecular complexity index is 428. The van der Waals surface area contributed by atoms with Gasteiger partial charge < -0.3 is 20.7 Å². The smallest absolute Gasteiger partial charge is 0.308 e. The second-order valence-corrected chi connectivity index (χ2v) is 4.02. The molecule has 1 aromatic heterocycles. The maximum atomic E-state index is 11.2. The summed E-state index contributed by atoms with van der Waals surface area (Å²) in [5.74, 6) is -0.607. The van der Waals surface area contributed by atoms with Crippen LogP contribution in [0, 0.1) is 0 Å². The number of anilines is 1. The summed E-state index contributed by atoms with van der Waals surface area (Å²) in [5, 5.41) is 19.7. The van der Waals surface area contributed by atoms with E-state index in [4.69, 9.17) is 17.3 Å². The number of nitrogens with zero attached hydrogens (tertiary/aromatic N) is 1. The number of aliphatic hydroxyl groups is 2. The first-order chi connectivity index (χ1) is 8.45. The van der Waals surface area contributed by atoms with E-state index in [-0.39, 0.29) is 29.6 Å². The third-order valence-electron chi connectivity index (χ3n) is 2.25. The van der Waals surface area contributed by atoms with E-state index in [1.165, 1.54) is 12.1 Å². The average Bonchev–Trinajstić information content (AvgIpc) is 2.31. The number of esters is 1. The lowest BCUT2D eigenvalue weighted by molar-refractivity contribution is -0.147. The zero-order valence-corrected chi connectivity index (χ0v) is 10.6. The zero-order valence-electron chi connectivity index (χ0n) is 9.84. The number of nitrogens with two attached hydrogens (primary N) is 1. The normalized spacial score (nSPS) is 14.0. The zero-order chi connectivity index (χ0) is 13.7. The SMILES string of the molecule is CCOC(=O)CC(O)C(O)c1nc(Cl)ccc1N. The van der Waals surface area contributed by atoms with Gasteiger partial charge in [-0.1, -0.05) is 11.6 Å². The molecule has 0 aliphatic rings. The number of hydrogen-bond acceptors (Lipinski definition) is 6. The number of aliphatic hydroxyl groups excluding tert-OH is 2. The standard InChI is InChI=1S/C11H15ClN2O4/c1-2-18-9(16)5-7(15)11(17)10-6(13)3-4-8(12)14-10/h3-4,7,11,15,17H,2,5,13H2,1H3. The minimum absolute atomic E-state index is 0.0410. The molecule has 100 valence electrons. The molecule has 0 amide bonds. The summed E-state index contributed by atoms with van der Waals surface area (Å²) < 4.78 is 4.66. The van der Waals surface area contributed by atoms with Crippen LogP contribution in [0.3, 0.4) is 0 Å².